The quantitative estimate of drug-likeness (QED) is 0.204. The molecule has 0 bridgehead atoms. The Kier molecular flexibility index (Phi) is 19.7. The Labute approximate surface area is 160 Å². The van der Waals surface area contributed by atoms with E-state index in [0.29, 0.717) is 19.6 Å². The summed E-state index contributed by atoms with van der Waals surface area (Å²) in [6.45, 7) is 7.31. The lowest BCUT2D eigenvalue weighted by molar-refractivity contribution is -0.157. The minimum atomic E-state index is -0.420. The Morgan fingerprint density at radius 3 is 2.42 bits per heavy atom. The van der Waals surface area contributed by atoms with E-state index in [1.807, 2.05) is 6.92 Å². The first-order valence-electron chi connectivity index (χ1n) is 10.5. The van der Waals surface area contributed by atoms with Gasteiger partial charge in [-0.15, -0.1) is 0 Å². The van der Waals surface area contributed by atoms with Gasteiger partial charge in [0.25, 0.3) is 0 Å². The number of hydrogen-bond donors (Lipinski definition) is 2. The molecular weight excluding hydrogens is 330 g/mol. The summed E-state index contributed by atoms with van der Waals surface area (Å²) in [7, 11) is 0. The van der Waals surface area contributed by atoms with Crippen LogP contribution in [-0.2, 0) is 14.3 Å². The van der Waals surface area contributed by atoms with Crippen molar-refractivity contribution < 1.29 is 19.4 Å². The largest absolute Gasteiger partial charge is 0.464 e. The topological polar surface area (TPSA) is 67.8 Å². The second kappa shape index (κ2) is 20.4. The lowest BCUT2D eigenvalue weighted by Gasteiger charge is -2.15. The van der Waals surface area contributed by atoms with Crippen molar-refractivity contribution in [3.05, 3.63) is 12.2 Å². The molecule has 0 fully saturated rings. The van der Waals surface area contributed by atoms with Gasteiger partial charge in [-0.1, -0.05) is 38.8 Å². The first-order valence-corrected chi connectivity index (χ1v) is 10.5. The SMILES string of the molecule is CC/C=C\CCCCOC(CC)C(=O)OCCCCCCNCCCO. The molecule has 0 saturated heterocycles. The van der Waals surface area contributed by atoms with Gasteiger partial charge in [0, 0.05) is 13.2 Å². The van der Waals surface area contributed by atoms with Gasteiger partial charge in [0.2, 0.25) is 0 Å². The van der Waals surface area contributed by atoms with Crippen molar-refractivity contribution in [1.82, 2.24) is 5.32 Å². The van der Waals surface area contributed by atoms with E-state index in [-0.39, 0.29) is 12.6 Å². The monoisotopic (exact) mass is 371 g/mol. The van der Waals surface area contributed by atoms with Crippen LogP contribution in [0, 0.1) is 0 Å². The summed E-state index contributed by atoms with van der Waals surface area (Å²) in [5.74, 6) is -0.218. The Balaban J connectivity index is 3.53. The van der Waals surface area contributed by atoms with Crippen molar-refractivity contribution in [2.75, 3.05) is 32.9 Å². The minimum Gasteiger partial charge on any atom is -0.464 e. The van der Waals surface area contributed by atoms with Crippen molar-refractivity contribution in [3.63, 3.8) is 0 Å². The number of esters is 1. The molecule has 0 aromatic heterocycles. The third-order valence-electron chi connectivity index (χ3n) is 4.12. The number of carbonyl (C=O) groups is 1. The maximum absolute atomic E-state index is 12.0. The van der Waals surface area contributed by atoms with Crippen LogP contribution in [0.4, 0.5) is 0 Å². The fraction of sp³-hybridized carbons (Fsp3) is 0.857. The van der Waals surface area contributed by atoms with Crippen LogP contribution < -0.4 is 5.32 Å². The van der Waals surface area contributed by atoms with E-state index in [2.05, 4.69) is 24.4 Å². The lowest BCUT2D eigenvalue weighted by Crippen LogP contribution is -2.26. The second-order valence-corrected chi connectivity index (χ2v) is 6.55. The van der Waals surface area contributed by atoms with Crippen LogP contribution in [0.15, 0.2) is 12.2 Å². The van der Waals surface area contributed by atoms with E-state index >= 15 is 0 Å². The van der Waals surface area contributed by atoms with E-state index in [4.69, 9.17) is 14.6 Å². The third kappa shape index (κ3) is 16.6. The average Bonchev–Trinajstić information content (AvgIpc) is 2.65. The Bertz CT molecular complexity index is 334. The highest BCUT2D eigenvalue weighted by Gasteiger charge is 2.18. The van der Waals surface area contributed by atoms with Crippen LogP contribution in [0.2, 0.25) is 0 Å². The molecule has 2 N–H and O–H groups in total. The zero-order valence-electron chi connectivity index (χ0n) is 17.0. The molecule has 0 aliphatic carbocycles. The Hall–Kier alpha value is -0.910. The van der Waals surface area contributed by atoms with Gasteiger partial charge < -0.3 is 19.9 Å². The van der Waals surface area contributed by atoms with Crippen LogP contribution in [0.5, 0.6) is 0 Å². The molecule has 0 spiro atoms. The van der Waals surface area contributed by atoms with Gasteiger partial charge in [-0.2, -0.15) is 0 Å². The number of aliphatic hydroxyl groups excluding tert-OH is 1. The molecule has 0 amide bonds. The van der Waals surface area contributed by atoms with Crippen LogP contribution in [0.25, 0.3) is 0 Å². The standard InChI is InChI=1S/C21H41NO4/c1-3-5-6-7-9-12-18-25-20(4-2)21(24)26-19-13-10-8-11-15-22-16-14-17-23/h5-6,20,22-23H,3-4,7-19H2,1-2H3/b6-5-. The normalized spacial score (nSPS) is 12.6. The van der Waals surface area contributed by atoms with Crippen molar-refractivity contribution in [2.45, 2.75) is 84.2 Å². The number of allylic oxidation sites excluding steroid dienone is 2. The maximum atomic E-state index is 12.0. The smallest absolute Gasteiger partial charge is 0.335 e. The third-order valence-corrected chi connectivity index (χ3v) is 4.12. The zero-order chi connectivity index (χ0) is 19.3. The molecule has 0 aromatic carbocycles. The zero-order valence-corrected chi connectivity index (χ0v) is 17.0. The van der Waals surface area contributed by atoms with E-state index < -0.39 is 6.10 Å². The summed E-state index contributed by atoms with van der Waals surface area (Å²) in [5, 5.41) is 12.0. The number of carbonyl (C=O) groups excluding carboxylic acids is 1. The molecule has 1 unspecified atom stereocenters. The van der Waals surface area contributed by atoms with Crippen molar-refractivity contribution in [3.8, 4) is 0 Å². The summed E-state index contributed by atoms with van der Waals surface area (Å²) in [4.78, 5) is 12.0. The number of unbranched alkanes of at least 4 members (excludes halogenated alkanes) is 5. The summed E-state index contributed by atoms with van der Waals surface area (Å²) in [5.41, 5.74) is 0. The van der Waals surface area contributed by atoms with Gasteiger partial charge in [-0.25, -0.2) is 4.79 Å². The molecule has 5 heteroatoms. The second-order valence-electron chi connectivity index (χ2n) is 6.55. The number of nitrogens with one attached hydrogen (secondary N) is 1. The van der Waals surface area contributed by atoms with Crippen LogP contribution in [0.1, 0.15) is 78.1 Å². The Morgan fingerprint density at radius 2 is 1.69 bits per heavy atom. The number of ether oxygens (including phenoxy) is 2. The number of hydrogen-bond acceptors (Lipinski definition) is 5. The van der Waals surface area contributed by atoms with E-state index in [9.17, 15) is 4.79 Å². The molecule has 0 radical (unpaired) electrons. The van der Waals surface area contributed by atoms with Gasteiger partial charge >= 0.3 is 5.97 Å². The first kappa shape index (κ1) is 25.1. The molecule has 0 aromatic rings. The molecule has 0 heterocycles. The number of rotatable bonds is 19. The first-order chi connectivity index (χ1) is 12.8. The van der Waals surface area contributed by atoms with Crippen LogP contribution in [0.3, 0.4) is 0 Å². The minimum absolute atomic E-state index is 0.218. The van der Waals surface area contributed by atoms with Crippen LogP contribution in [-0.4, -0.2) is 50.1 Å². The van der Waals surface area contributed by atoms with E-state index in [0.717, 1.165) is 70.9 Å². The fourth-order valence-electron chi connectivity index (χ4n) is 2.53. The molecule has 0 saturated carbocycles. The molecule has 1 atom stereocenters. The van der Waals surface area contributed by atoms with Crippen LogP contribution >= 0.6 is 0 Å². The van der Waals surface area contributed by atoms with Gasteiger partial charge in [0.15, 0.2) is 6.10 Å². The van der Waals surface area contributed by atoms with Gasteiger partial charge in [-0.05, 0) is 64.5 Å². The molecule has 154 valence electrons. The summed E-state index contributed by atoms with van der Waals surface area (Å²) in [6.07, 6.45) is 13.9. The summed E-state index contributed by atoms with van der Waals surface area (Å²) >= 11 is 0. The average molecular weight is 372 g/mol. The molecule has 5 nitrogen and oxygen atoms in total. The molecule has 26 heavy (non-hydrogen) atoms. The predicted octanol–water partition coefficient (Wildman–Crippen LogP) is 3.99. The van der Waals surface area contributed by atoms with E-state index in [1.54, 1.807) is 0 Å². The molecule has 0 rings (SSSR count). The highest BCUT2D eigenvalue weighted by atomic mass is 16.6. The van der Waals surface area contributed by atoms with Crippen molar-refractivity contribution in [1.29, 1.82) is 0 Å². The van der Waals surface area contributed by atoms with Gasteiger partial charge in [0.1, 0.15) is 0 Å². The molecular formula is C21H41NO4. The van der Waals surface area contributed by atoms with Gasteiger partial charge in [-0.3, -0.25) is 0 Å². The fourth-order valence-corrected chi connectivity index (χ4v) is 2.53. The predicted molar refractivity (Wildman–Crippen MR) is 107 cm³/mol. The summed E-state index contributed by atoms with van der Waals surface area (Å²) < 4.78 is 11.0. The van der Waals surface area contributed by atoms with Crippen molar-refractivity contribution in [2.24, 2.45) is 0 Å². The van der Waals surface area contributed by atoms with Gasteiger partial charge in [0.05, 0.1) is 6.61 Å². The summed E-state index contributed by atoms with van der Waals surface area (Å²) in [6, 6.07) is 0. The lowest BCUT2D eigenvalue weighted by atomic mass is 10.2. The Morgan fingerprint density at radius 1 is 0.962 bits per heavy atom. The number of aliphatic hydroxyl groups is 1. The highest BCUT2D eigenvalue weighted by molar-refractivity contribution is 5.74. The molecule has 0 aliphatic heterocycles. The van der Waals surface area contributed by atoms with E-state index in [1.165, 1.54) is 0 Å². The molecule has 0 aliphatic rings. The maximum Gasteiger partial charge on any atom is 0.335 e. The highest BCUT2D eigenvalue weighted by Crippen LogP contribution is 2.06. The van der Waals surface area contributed by atoms with Crippen molar-refractivity contribution >= 4 is 5.97 Å².